The molecule has 0 saturated carbocycles. The van der Waals surface area contributed by atoms with Crippen LogP contribution >= 0.6 is 0 Å². The lowest BCUT2D eigenvalue weighted by molar-refractivity contribution is -0.00311. The number of nitrogens with zero attached hydrogens (tertiary/aromatic N) is 1. The summed E-state index contributed by atoms with van der Waals surface area (Å²) in [4.78, 5) is 0. The number of morpholine rings is 1. The quantitative estimate of drug-likeness (QED) is 0.617. The lowest BCUT2D eigenvalue weighted by Gasteiger charge is -2.29. The van der Waals surface area contributed by atoms with E-state index in [1.165, 1.54) is 4.31 Å². The Bertz CT molecular complexity index is 153. The van der Waals surface area contributed by atoms with Crippen LogP contribution < -0.4 is 0 Å². The van der Waals surface area contributed by atoms with Gasteiger partial charge in [-0.25, -0.2) is 4.21 Å². The Morgan fingerprint density at radius 3 is 3.09 bits per heavy atom. The fourth-order valence-corrected chi connectivity index (χ4v) is 1.61. The van der Waals surface area contributed by atoms with Crippen LogP contribution in [-0.2, 0) is 16.0 Å². The van der Waals surface area contributed by atoms with Crippen molar-refractivity contribution in [2.24, 2.45) is 0 Å². The summed E-state index contributed by atoms with van der Waals surface area (Å²) in [6, 6.07) is 0. The first-order valence-corrected chi connectivity index (χ1v) is 4.78. The molecule has 0 aromatic rings. The number of hydrogen-bond donors (Lipinski definition) is 1. The zero-order valence-electron chi connectivity index (χ0n) is 6.52. The molecule has 1 aliphatic rings. The molecule has 4 nitrogen and oxygen atoms in total. The molecule has 0 aromatic carbocycles. The van der Waals surface area contributed by atoms with Crippen LogP contribution in [0.3, 0.4) is 0 Å². The van der Waals surface area contributed by atoms with Gasteiger partial charge in [-0.05, 0) is 6.42 Å². The van der Waals surface area contributed by atoms with Crippen molar-refractivity contribution in [2.45, 2.75) is 19.4 Å². The van der Waals surface area contributed by atoms with Gasteiger partial charge in [0.2, 0.25) is 11.3 Å². The maximum absolute atomic E-state index is 10.6. The van der Waals surface area contributed by atoms with Gasteiger partial charge in [0.1, 0.15) is 0 Å². The fourth-order valence-electron chi connectivity index (χ4n) is 1.08. The fraction of sp³-hybridized carbons (Fsp3) is 1.00. The molecule has 0 aromatic heterocycles. The van der Waals surface area contributed by atoms with Gasteiger partial charge in [-0.2, -0.15) is 4.31 Å². The van der Waals surface area contributed by atoms with Crippen molar-refractivity contribution in [3.63, 3.8) is 0 Å². The Morgan fingerprint density at radius 1 is 1.82 bits per heavy atom. The van der Waals surface area contributed by atoms with Crippen molar-refractivity contribution in [3.05, 3.63) is 0 Å². The predicted octanol–water partition coefficient (Wildman–Crippen LogP) is 0.234. The highest BCUT2D eigenvalue weighted by Crippen LogP contribution is 2.08. The van der Waals surface area contributed by atoms with Crippen molar-refractivity contribution >= 4 is 11.3 Å². The Kier molecular flexibility index (Phi) is 3.45. The summed E-state index contributed by atoms with van der Waals surface area (Å²) in [5.41, 5.74) is 0. The van der Waals surface area contributed by atoms with E-state index in [4.69, 9.17) is 9.29 Å². The van der Waals surface area contributed by atoms with Crippen molar-refractivity contribution in [1.82, 2.24) is 4.31 Å². The third kappa shape index (κ3) is 2.52. The minimum Gasteiger partial charge on any atom is -0.375 e. The molecule has 2 unspecified atom stereocenters. The molecular weight excluding hydrogens is 166 g/mol. The molecule has 0 bridgehead atoms. The van der Waals surface area contributed by atoms with E-state index >= 15 is 0 Å². The number of hydrogen-bond acceptors (Lipinski definition) is 2. The zero-order valence-corrected chi connectivity index (χ0v) is 7.34. The van der Waals surface area contributed by atoms with Gasteiger partial charge in [-0.15, -0.1) is 0 Å². The molecular formula is C6H13NO3S. The predicted molar refractivity (Wildman–Crippen MR) is 42.4 cm³/mol. The molecule has 1 saturated heterocycles. The Hall–Kier alpha value is 0.0300. The summed E-state index contributed by atoms with van der Waals surface area (Å²) in [5, 5.41) is 0. The highest BCUT2D eigenvalue weighted by Gasteiger charge is 2.21. The molecule has 0 amide bonds. The van der Waals surface area contributed by atoms with Gasteiger partial charge < -0.3 is 4.74 Å². The second-order valence-electron chi connectivity index (χ2n) is 2.52. The molecule has 1 rings (SSSR count). The van der Waals surface area contributed by atoms with Crippen molar-refractivity contribution < 1.29 is 13.5 Å². The van der Waals surface area contributed by atoms with Crippen LogP contribution in [-0.4, -0.2) is 38.9 Å². The molecule has 1 N–H and O–H groups in total. The third-order valence-corrected chi connectivity index (χ3v) is 2.55. The lowest BCUT2D eigenvalue weighted by atomic mass is 10.2. The van der Waals surface area contributed by atoms with Gasteiger partial charge in [0.15, 0.2) is 0 Å². The van der Waals surface area contributed by atoms with E-state index in [0.29, 0.717) is 19.7 Å². The summed E-state index contributed by atoms with van der Waals surface area (Å²) in [6.07, 6.45) is 1.02. The topological polar surface area (TPSA) is 49.8 Å². The van der Waals surface area contributed by atoms with E-state index in [9.17, 15) is 4.21 Å². The molecule has 0 spiro atoms. The van der Waals surface area contributed by atoms with Gasteiger partial charge in [0, 0.05) is 13.1 Å². The van der Waals surface area contributed by atoms with Crippen LogP contribution in [0.2, 0.25) is 0 Å². The summed E-state index contributed by atoms with van der Waals surface area (Å²) < 4.78 is 26.2. The minimum atomic E-state index is -1.82. The van der Waals surface area contributed by atoms with Gasteiger partial charge in [0.05, 0.1) is 12.7 Å². The van der Waals surface area contributed by atoms with E-state index in [-0.39, 0.29) is 6.10 Å². The van der Waals surface area contributed by atoms with Crippen LogP contribution in [0.1, 0.15) is 13.3 Å². The molecule has 11 heavy (non-hydrogen) atoms. The minimum absolute atomic E-state index is 0.125. The average Bonchev–Trinajstić information content (AvgIpc) is 2.05. The van der Waals surface area contributed by atoms with E-state index in [0.717, 1.165) is 6.42 Å². The smallest absolute Gasteiger partial charge is 0.234 e. The standard InChI is InChI=1S/C6H13NO3S/c1-2-6-5-7(11(8)9)3-4-10-6/h6H,2-5H2,1H3,(H,8,9). The Balaban J connectivity index is 2.39. The molecule has 2 atom stereocenters. The first-order chi connectivity index (χ1) is 5.24. The number of ether oxygens (including phenoxy) is 1. The maximum atomic E-state index is 10.6. The normalized spacial score (nSPS) is 30.2. The first kappa shape index (κ1) is 9.12. The van der Waals surface area contributed by atoms with Crippen molar-refractivity contribution in [3.8, 4) is 0 Å². The molecule has 1 heterocycles. The van der Waals surface area contributed by atoms with Gasteiger partial charge in [0.25, 0.3) is 0 Å². The Morgan fingerprint density at radius 2 is 2.55 bits per heavy atom. The Labute approximate surface area is 68.9 Å². The second kappa shape index (κ2) is 4.15. The molecule has 0 radical (unpaired) electrons. The molecule has 66 valence electrons. The molecule has 0 aliphatic carbocycles. The first-order valence-electron chi connectivity index (χ1n) is 3.71. The van der Waals surface area contributed by atoms with E-state index < -0.39 is 11.3 Å². The summed E-state index contributed by atoms with van der Waals surface area (Å²) in [6.45, 7) is 3.69. The van der Waals surface area contributed by atoms with Gasteiger partial charge >= 0.3 is 0 Å². The van der Waals surface area contributed by atoms with E-state index in [1.807, 2.05) is 6.92 Å². The average molecular weight is 179 g/mol. The number of rotatable bonds is 2. The van der Waals surface area contributed by atoms with Crippen LogP contribution in [0.5, 0.6) is 0 Å². The summed E-state index contributed by atoms with van der Waals surface area (Å²) in [5.74, 6) is 0. The van der Waals surface area contributed by atoms with E-state index in [1.54, 1.807) is 0 Å². The summed E-state index contributed by atoms with van der Waals surface area (Å²) >= 11 is -1.82. The molecule has 5 heteroatoms. The maximum Gasteiger partial charge on any atom is 0.234 e. The van der Waals surface area contributed by atoms with Crippen LogP contribution in [0.4, 0.5) is 0 Å². The van der Waals surface area contributed by atoms with E-state index in [2.05, 4.69) is 0 Å². The van der Waals surface area contributed by atoms with Crippen LogP contribution in [0.25, 0.3) is 0 Å². The lowest BCUT2D eigenvalue weighted by Crippen LogP contribution is -2.42. The second-order valence-corrected chi connectivity index (χ2v) is 3.50. The van der Waals surface area contributed by atoms with Crippen molar-refractivity contribution in [2.75, 3.05) is 19.7 Å². The van der Waals surface area contributed by atoms with Crippen LogP contribution in [0, 0.1) is 0 Å². The third-order valence-electron chi connectivity index (χ3n) is 1.78. The van der Waals surface area contributed by atoms with Crippen LogP contribution in [0.15, 0.2) is 0 Å². The van der Waals surface area contributed by atoms with Crippen molar-refractivity contribution in [1.29, 1.82) is 0 Å². The molecule has 1 fully saturated rings. The highest BCUT2D eigenvalue weighted by atomic mass is 32.2. The SMILES string of the molecule is CCC1CN(S(=O)O)CCO1. The van der Waals surface area contributed by atoms with Gasteiger partial charge in [-0.3, -0.25) is 4.55 Å². The monoisotopic (exact) mass is 179 g/mol. The summed E-state index contributed by atoms with van der Waals surface area (Å²) in [7, 11) is 0. The zero-order chi connectivity index (χ0) is 8.27. The van der Waals surface area contributed by atoms with Gasteiger partial charge in [-0.1, -0.05) is 6.92 Å². The largest absolute Gasteiger partial charge is 0.375 e. The molecule has 1 aliphatic heterocycles. The highest BCUT2D eigenvalue weighted by molar-refractivity contribution is 7.76.